The summed E-state index contributed by atoms with van der Waals surface area (Å²) in [5, 5.41) is 10.8. The molecule has 0 amide bonds. The molecule has 0 aliphatic carbocycles. The van der Waals surface area contributed by atoms with E-state index in [0.717, 1.165) is 11.0 Å². The number of carboxylic acid groups (broad SMARTS) is 1. The van der Waals surface area contributed by atoms with E-state index in [2.05, 4.69) is 4.72 Å². The summed E-state index contributed by atoms with van der Waals surface area (Å²) in [5.74, 6) is -1.42. The quantitative estimate of drug-likeness (QED) is 0.845. The van der Waals surface area contributed by atoms with Crippen LogP contribution in [0.2, 0.25) is 0 Å². The summed E-state index contributed by atoms with van der Waals surface area (Å²) in [7, 11) is -3.84. The summed E-state index contributed by atoms with van der Waals surface area (Å²) >= 11 is 1.55. The number of benzene rings is 2. The number of aromatic carboxylic acids is 1. The first-order valence-corrected chi connectivity index (χ1v) is 8.61. The fourth-order valence-electron chi connectivity index (χ4n) is 1.66. The van der Waals surface area contributed by atoms with Gasteiger partial charge in [-0.15, -0.1) is 11.8 Å². The van der Waals surface area contributed by atoms with Gasteiger partial charge in [-0.1, -0.05) is 12.1 Å². The van der Waals surface area contributed by atoms with Gasteiger partial charge >= 0.3 is 0 Å². The molecule has 0 aromatic heterocycles. The highest BCUT2D eigenvalue weighted by Gasteiger charge is 2.14. The van der Waals surface area contributed by atoms with Crippen molar-refractivity contribution in [2.24, 2.45) is 0 Å². The maximum Gasteiger partial charge on any atom is 0.261 e. The first kappa shape index (κ1) is 15.4. The van der Waals surface area contributed by atoms with E-state index in [-0.39, 0.29) is 10.5 Å². The Hall–Kier alpha value is -1.99. The Morgan fingerprint density at radius 1 is 1.14 bits per heavy atom. The highest BCUT2D eigenvalue weighted by atomic mass is 32.2. The minimum atomic E-state index is -3.84. The van der Waals surface area contributed by atoms with Crippen molar-refractivity contribution in [3.8, 4) is 0 Å². The number of carbonyl (C=O) groups excluding carboxylic acids is 1. The molecule has 0 saturated heterocycles. The molecule has 0 aliphatic heterocycles. The topological polar surface area (TPSA) is 86.3 Å². The van der Waals surface area contributed by atoms with E-state index in [4.69, 9.17) is 0 Å². The van der Waals surface area contributed by atoms with E-state index >= 15 is 0 Å². The van der Waals surface area contributed by atoms with Crippen LogP contribution in [0.25, 0.3) is 0 Å². The molecular weight excluding hydrogens is 310 g/mol. The van der Waals surface area contributed by atoms with Gasteiger partial charge < -0.3 is 9.90 Å². The van der Waals surface area contributed by atoms with Crippen molar-refractivity contribution < 1.29 is 18.3 Å². The standard InChI is InChI=1S/C14H13NO4S2/c1-20-12-7-5-11(6-8-12)15-21(18,19)13-4-2-3-10(9-13)14(16)17/h2-9,15H,1H3,(H,16,17)/p-1. The van der Waals surface area contributed by atoms with Crippen molar-refractivity contribution in [2.75, 3.05) is 11.0 Å². The van der Waals surface area contributed by atoms with Crippen LogP contribution < -0.4 is 9.83 Å². The Balaban J connectivity index is 2.29. The molecule has 0 saturated carbocycles. The third-order valence-electron chi connectivity index (χ3n) is 2.72. The van der Waals surface area contributed by atoms with Crippen LogP contribution in [0.3, 0.4) is 0 Å². The summed E-state index contributed by atoms with van der Waals surface area (Å²) in [6.07, 6.45) is 1.92. The lowest BCUT2D eigenvalue weighted by Crippen LogP contribution is -2.23. The van der Waals surface area contributed by atoms with Crippen molar-refractivity contribution in [1.82, 2.24) is 0 Å². The van der Waals surface area contributed by atoms with Crippen LogP contribution in [0.15, 0.2) is 58.3 Å². The van der Waals surface area contributed by atoms with Crippen molar-refractivity contribution in [2.45, 2.75) is 9.79 Å². The average molecular weight is 322 g/mol. The molecule has 0 fully saturated rings. The molecule has 0 atom stereocenters. The Kier molecular flexibility index (Phi) is 4.54. The monoisotopic (exact) mass is 322 g/mol. The van der Waals surface area contributed by atoms with Gasteiger partial charge in [0, 0.05) is 10.6 Å². The number of hydrogen-bond acceptors (Lipinski definition) is 5. The number of sulfonamides is 1. The second-order valence-corrected chi connectivity index (χ2v) is 6.71. The fourth-order valence-corrected chi connectivity index (χ4v) is 3.18. The summed E-state index contributed by atoms with van der Waals surface area (Å²) in [5.41, 5.74) is 0.224. The van der Waals surface area contributed by atoms with Crippen molar-refractivity contribution in [3.05, 3.63) is 54.1 Å². The summed E-state index contributed by atoms with van der Waals surface area (Å²) in [6.45, 7) is 0. The Morgan fingerprint density at radius 2 is 1.81 bits per heavy atom. The Morgan fingerprint density at radius 3 is 2.38 bits per heavy atom. The second-order valence-electron chi connectivity index (χ2n) is 4.15. The van der Waals surface area contributed by atoms with Gasteiger partial charge in [-0.05, 0) is 48.2 Å². The van der Waals surface area contributed by atoms with Crippen molar-refractivity contribution in [1.29, 1.82) is 0 Å². The van der Waals surface area contributed by atoms with Gasteiger partial charge in [-0.25, -0.2) is 8.42 Å². The maximum absolute atomic E-state index is 12.2. The third kappa shape index (κ3) is 3.77. The third-order valence-corrected chi connectivity index (χ3v) is 4.84. The zero-order valence-corrected chi connectivity index (χ0v) is 12.7. The van der Waals surface area contributed by atoms with Gasteiger partial charge in [0.2, 0.25) is 0 Å². The van der Waals surface area contributed by atoms with Gasteiger partial charge in [0.25, 0.3) is 10.0 Å². The SMILES string of the molecule is CSc1ccc(NS(=O)(=O)c2cccc(C(=O)[O-])c2)cc1. The minimum absolute atomic E-state index is 0.127. The molecule has 1 N–H and O–H groups in total. The van der Waals surface area contributed by atoms with Crippen molar-refractivity contribution >= 4 is 33.4 Å². The summed E-state index contributed by atoms with van der Waals surface area (Å²) in [4.78, 5) is 11.7. The van der Waals surface area contributed by atoms with Crippen molar-refractivity contribution in [3.63, 3.8) is 0 Å². The van der Waals surface area contributed by atoms with Crippen LogP contribution >= 0.6 is 11.8 Å². The Bertz CT molecular complexity index is 755. The molecule has 7 heteroatoms. The minimum Gasteiger partial charge on any atom is -0.545 e. The number of rotatable bonds is 5. The summed E-state index contributed by atoms with van der Waals surface area (Å²) < 4.78 is 26.8. The van der Waals surface area contributed by atoms with E-state index in [1.807, 2.05) is 6.26 Å². The second kappa shape index (κ2) is 6.19. The maximum atomic E-state index is 12.2. The van der Waals surface area contributed by atoms with Crippen LogP contribution in [0.5, 0.6) is 0 Å². The summed E-state index contributed by atoms with van der Waals surface area (Å²) in [6, 6.07) is 11.9. The number of carbonyl (C=O) groups is 1. The van der Waals surface area contributed by atoms with E-state index in [0.29, 0.717) is 5.69 Å². The van der Waals surface area contributed by atoms with Crippen LogP contribution in [-0.2, 0) is 10.0 Å². The molecule has 0 heterocycles. The molecule has 110 valence electrons. The molecule has 21 heavy (non-hydrogen) atoms. The predicted molar refractivity (Wildman–Crippen MR) is 79.8 cm³/mol. The molecule has 0 aliphatic rings. The molecular formula is C14H12NO4S2-. The lowest BCUT2D eigenvalue weighted by atomic mass is 10.2. The molecule has 0 unspecified atom stereocenters. The predicted octanol–water partition coefficient (Wildman–Crippen LogP) is 1.57. The van der Waals surface area contributed by atoms with E-state index in [9.17, 15) is 18.3 Å². The van der Waals surface area contributed by atoms with Crippen LogP contribution in [-0.4, -0.2) is 20.6 Å². The van der Waals surface area contributed by atoms with E-state index in [1.54, 1.807) is 36.0 Å². The highest BCUT2D eigenvalue weighted by molar-refractivity contribution is 7.98. The zero-order valence-electron chi connectivity index (χ0n) is 11.1. The molecule has 0 spiro atoms. The van der Waals surface area contributed by atoms with Gasteiger partial charge in [-0.3, -0.25) is 4.72 Å². The number of hydrogen-bond donors (Lipinski definition) is 1. The van der Waals surface area contributed by atoms with Crippen LogP contribution in [0.1, 0.15) is 10.4 Å². The molecule has 0 radical (unpaired) electrons. The zero-order chi connectivity index (χ0) is 15.5. The number of nitrogens with one attached hydrogen (secondary N) is 1. The molecule has 5 nitrogen and oxygen atoms in total. The largest absolute Gasteiger partial charge is 0.545 e. The smallest absolute Gasteiger partial charge is 0.261 e. The van der Waals surface area contributed by atoms with Gasteiger partial charge in [0.15, 0.2) is 0 Å². The first-order valence-electron chi connectivity index (χ1n) is 5.90. The van der Waals surface area contributed by atoms with Crippen LogP contribution in [0.4, 0.5) is 5.69 Å². The normalized spacial score (nSPS) is 11.1. The van der Waals surface area contributed by atoms with Crippen LogP contribution in [0, 0.1) is 0 Å². The average Bonchev–Trinajstić information content (AvgIpc) is 2.48. The fraction of sp³-hybridized carbons (Fsp3) is 0.0714. The first-order chi connectivity index (χ1) is 9.92. The Labute approximate surface area is 127 Å². The van der Waals surface area contributed by atoms with Gasteiger partial charge in [-0.2, -0.15) is 0 Å². The molecule has 0 bridgehead atoms. The number of thioether (sulfide) groups is 1. The van der Waals surface area contributed by atoms with E-state index in [1.165, 1.54) is 18.2 Å². The van der Waals surface area contributed by atoms with Gasteiger partial charge in [0.05, 0.1) is 10.9 Å². The number of carboxylic acids is 1. The lowest BCUT2D eigenvalue weighted by Gasteiger charge is -2.10. The molecule has 2 rings (SSSR count). The molecule has 2 aromatic rings. The van der Waals surface area contributed by atoms with Gasteiger partial charge in [0.1, 0.15) is 0 Å². The molecule has 2 aromatic carbocycles. The highest BCUT2D eigenvalue weighted by Crippen LogP contribution is 2.20. The van der Waals surface area contributed by atoms with E-state index < -0.39 is 16.0 Å². The lowest BCUT2D eigenvalue weighted by molar-refractivity contribution is -0.255. The number of anilines is 1.